The summed E-state index contributed by atoms with van der Waals surface area (Å²) in [4.78, 5) is 12.1. The Kier molecular flexibility index (Phi) is 4.99. The molecule has 0 aliphatic heterocycles. The molecule has 0 amide bonds. The Balaban J connectivity index is 2.06. The van der Waals surface area contributed by atoms with Crippen molar-refractivity contribution in [2.24, 2.45) is 5.92 Å². The van der Waals surface area contributed by atoms with Crippen LogP contribution in [0.3, 0.4) is 0 Å². The number of hydrogen-bond acceptors (Lipinski definition) is 3. The van der Waals surface area contributed by atoms with Crippen LogP contribution in [0.15, 0.2) is 48.5 Å². The second-order valence-corrected chi connectivity index (χ2v) is 5.46. The minimum atomic E-state index is -0.0123. The molecule has 0 aliphatic carbocycles. The zero-order valence-electron chi connectivity index (χ0n) is 12.4. The summed E-state index contributed by atoms with van der Waals surface area (Å²) < 4.78 is 5.55. The summed E-state index contributed by atoms with van der Waals surface area (Å²) in [6, 6.07) is 14.2. The summed E-state index contributed by atoms with van der Waals surface area (Å²) in [5, 5.41) is 10.0. The highest BCUT2D eigenvalue weighted by atomic mass is 16.5. The number of Topliss-reactive ketones (excluding diaryl/α,β-unsaturated/α-hetero) is 1. The minimum Gasteiger partial charge on any atom is -0.508 e. The van der Waals surface area contributed by atoms with Crippen LogP contribution in [0, 0.1) is 5.92 Å². The van der Waals surface area contributed by atoms with Gasteiger partial charge in [0.25, 0.3) is 0 Å². The van der Waals surface area contributed by atoms with E-state index in [1.54, 1.807) is 30.3 Å². The van der Waals surface area contributed by atoms with Gasteiger partial charge in [0.1, 0.15) is 11.5 Å². The number of hydrogen-bond donors (Lipinski definition) is 1. The average Bonchev–Trinajstić information content (AvgIpc) is 2.48. The topological polar surface area (TPSA) is 46.5 Å². The van der Waals surface area contributed by atoms with E-state index < -0.39 is 0 Å². The first kappa shape index (κ1) is 15.1. The van der Waals surface area contributed by atoms with Gasteiger partial charge in [-0.05, 0) is 12.0 Å². The van der Waals surface area contributed by atoms with Gasteiger partial charge >= 0.3 is 0 Å². The van der Waals surface area contributed by atoms with Gasteiger partial charge < -0.3 is 9.84 Å². The second-order valence-electron chi connectivity index (χ2n) is 5.46. The number of ketones is 1. The van der Waals surface area contributed by atoms with E-state index in [1.165, 1.54) is 0 Å². The molecule has 2 aromatic rings. The lowest BCUT2D eigenvalue weighted by molar-refractivity contribution is 0.0992. The molecule has 0 heterocycles. The van der Waals surface area contributed by atoms with E-state index in [9.17, 15) is 9.90 Å². The van der Waals surface area contributed by atoms with E-state index in [1.807, 2.05) is 18.2 Å². The highest BCUT2D eigenvalue weighted by Gasteiger charge is 2.11. The minimum absolute atomic E-state index is 0.0123. The monoisotopic (exact) mass is 284 g/mol. The van der Waals surface area contributed by atoms with Gasteiger partial charge in [0.2, 0.25) is 0 Å². The highest BCUT2D eigenvalue weighted by Crippen LogP contribution is 2.25. The summed E-state index contributed by atoms with van der Waals surface area (Å²) in [6.07, 6.45) is 0.181. The molecule has 0 saturated carbocycles. The predicted octanol–water partition coefficient (Wildman–Crippen LogP) is 3.85. The van der Waals surface area contributed by atoms with Crippen LogP contribution in [0.2, 0.25) is 0 Å². The van der Waals surface area contributed by atoms with Gasteiger partial charge in [-0.3, -0.25) is 4.79 Å². The molecular weight excluding hydrogens is 264 g/mol. The standard InChI is InChI=1S/C18H20O3/c1-13(2)12-21-16-9-8-15(18(20)11-16)10-17(19)14-6-4-3-5-7-14/h3-9,11,13,20H,10,12H2,1-2H3. The number of carbonyl (C=O) groups is 1. The third-order valence-corrected chi connectivity index (χ3v) is 3.09. The number of ether oxygens (including phenoxy) is 1. The molecule has 0 spiro atoms. The SMILES string of the molecule is CC(C)COc1ccc(CC(=O)c2ccccc2)c(O)c1. The Morgan fingerprint density at radius 2 is 1.86 bits per heavy atom. The molecule has 3 heteroatoms. The van der Waals surface area contributed by atoms with Gasteiger partial charge in [0.15, 0.2) is 5.78 Å². The van der Waals surface area contributed by atoms with Crippen LogP contribution in [0.1, 0.15) is 29.8 Å². The fourth-order valence-corrected chi connectivity index (χ4v) is 1.94. The van der Waals surface area contributed by atoms with E-state index in [4.69, 9.17) is 4.74 Å². The molecule has 0 aromatic heterocycles. The number of phenols is 1. The maximum atomic E-state index is 12.1. The summed E-state index contributed by atoms with van der Waals surface area (Å²) in [7, 11) is 0. The van der Waals surface area contributed by atoms with Gasteiger partial charge in [-0.15, -0.1) is 0 Å². The molecule has 0 saturated heterocycles. The molecule has 1 N–H and O–H groups in total. The zero-order valence-corrected chi connectivity index (χ0v) is 12.4. The third-order valence-electron chi connectivity index (χ3n) is 3.09. The van der Waals surface area contributed by atoms with Crippen LogP contribution in [-0.2, 0) is 6.42 Å². The van der Waals surface area contributed by atoms with Crippen LogP contribution in [0.4, 0.5) is 0 Å². The van der Waals surface area contributed by atoms with Gasteiger partial charge in [0.05, 0.1) is 6.61 Å². The third kappa shape index (κ3) is 4.35. The molecule has 0 fully saturated rings. The highest BCUT2D eigenvalue weighted by molar-refractivity contribution is 5.97. The Hall–Kier alpha value is -2.29. The molecule has 0 radical (unpaired) electrons. The van der Waals surface area contributed by atoms with Crippen LogP contribution in [-0.4, -0.2) is 17.5 Å². The van der Waals surface area contributed by atoms with Gasteiger partial charge in [-0.2, -0.15) is 0 Å². The van der Waals surface area contributed by atoms with Gasteiger partial charge in [0, 0.05) is 23.6 Å². The largest absolute Gasteiger partial charge is 0.508 e. The molecule has 110 valence electrons. The van der Waals surface area contributed by atoms with Crippen LogP contribution < -0.4 is 4.74 Å². The van der Waals surface area contributed by atoms with Crippen molar-refractivity contribution in [1.29, 1.82) is 0 Å². The Labute approximate surface area is 125 Å². The first-order valence-electron chi connectivity index (χ1n) is 7.09. The van der Waals surface area contributed by atoms with Crippen molar-refractivity contribution in [3.63, 3.8) is 0 Å². The lowest BCUT2D eigenvalue weighted by Gasteiger charge is -2.10. The Morgan fingerprint density at radius 3 is 2.48 bits per heavy atom. The van der Waals surface area contributed by atoms with Crippen molar-refractivity contribution in [3.8, 4) is 11.5 Å². The normalized spacial score (nSPS) is 10.6. The fourth-order valence-electron chi connectivity index (χ4n) is 1.94. The van der Waals surface area contributed by atoms with Gasteiger partial charge in [-0.25, -0.2) is 0 Å². The van der Waals surface area contributed by atoms with Crippen molar-refractivity contribution >= 4 is 5.78 Å². The molecular formula is C18H20O3. The van der Waals surface area contributed by atoms with Crippen molar-refractivity contribution in [1.82, 2.24) is 0 Å². The molecule has 0 atom stereocenters. The average molecular weight is 284 g/mol. The lowest BCUT2D eigenvalue weighted by atomic mass is 10.0. The van der Waals surface area contributed by atoms with Gasteiger partial charge in [-0.1, -0.05) is 50.2 Å². The predicted molar refractivity (Wildman–Crippen MR) is 82.9 cm³/mol. The van der Waals surface area contributed by atoms with Crippen molar-refractivity contribution in [3.05, 3.63) is 59.7 Å². The maximum absolute atomic E-state index is 12.1. The summed E-state index contributed by atoms with van der Waals surface area (Å²) in [5.74, 6) is 1.13. The first-order valence-corrected chi connectivity index (χ1v) is 7.09. The van der Waals surface area contributed by atoms with Crippen LogP contribution >= 0.6 is 0 Å². The van der Waals surface area contributed by atoms with E-state index in [0.29, 0.717) is 29.4 Å². The van der Waals surface area contributed by atoms with E-state index in [0.717, 1.165) is 0 Å². The number of carbonyl (C=O) groups excluding carboxylic acids is 1. The molecule has 2 aromatic carbocycles. The summed E-state index contributed by atoms with van der Waals surface area (Å²) in [6.45, 7) is 4.72. The first-order chi connectivity index (χ1) is 10.1. The number of rotatable bonds is 6. The Morgan fingerprint density at radius 1 is 1.14 bits per heavy atom. The van der Waals surface area contributed by atoms with Crippen molar-refractivity contribution in [2.45, 2.75) is 20.3 Å². The van der Waals surface area contributed by atoms with Crippen LogP contribution in [0.5, 0.6) is 11.5 Å². The van der Waals surface area contributed by atoms with E-state index in [2.05, 4.69) is 13.8 Å². The maximum Gasteiger partial charge on any atom is 0.167 e. The number of phenolic OH excluding ortho intramolecular Hbond substituents is 1. The molecule has 21 heavy (non-hydrogen) atoms. The van der Waals surface area contributed by atoms with Crippen LogP contribution in [0.25, 0.3) is 0 Å². The molecule has 0 unspecified atom stereocenters. The second kappa shape index (κ2) is 6.93. The Bertz CT molecular complexity index is 603. The molecule has 0 aliphatic rings. The quantitative estimate of drug-likeness (QED) is 0.819. The molecule has 2 rings (SSSR count). The molecule has 0 bridgehead atoms. The number of aromatic hydroxyl groups is 1. The van der Waals surface area contributed by atoms with Crippen molar-refractivity contribution < 1.29 is 14.6 Å². The van der Waals surface area contributed by atoms with E-state index >= 15 is 0 Å². The fraction of sp³-hybridized carbons (Fsp3) is 0.278. The zero-order chi connectivity index (χ0) is 15.2. The van der Waals surface area contributed by atoms with E-state index in [-0.39, 0.29) is 18.0 Å². The van der Waals surface area contributed by atoms with Crippen molar-refractivity contribution in [2.75, 3.05) is 6.61 Å². The lowest BCUT2D eigenvalue weighted by Crippen LogP contribution is -2.05. The summed E-state index contributed by atoms with van der Waals surface area (Å²) >= 11 is 0. The smallest absolute Gasteiger partial charge is 0.167 e. The number of benzene rings is 2. The summed E-state index contributed by atoms with van der Waals surface area (Å²) in [5.41, 5.74) is 1.26. The molecule has 3 nitrogen and oxygen atoms in total.